The van der Waals surface area contributed by atoms with Crippen LogP contribution in [0.4, 0.5) is 0 Å². The molecule has 2 heteroatoms. The lowest BCUT2D eigenvalue weighted by Crippen LogP contribution is -2.44. The topological polar surface area (TPSA) is 3.88 Å². The molecular formula is C31H26NS+. The molecule has 3 aliphatic carbocycles. The summed E-state index contributed by atoms with van der Waals surface area (Å²) in [6, 6.07) is 23.4. The molecule has 0 N–H and O–H groups in total. The van der Waals surface area contributed by atoms with Gasteiger partial charge in [-0.3, -0.25) is 0 Å². The Morgan fingerprint density at radius 1 is 0.697 bits per heavy atom. The molecule has 1 nitrogen and oxygen atoms in total. The summed E-state index contributed by atoms with van der Waals surface area (Å²) in [6.45, 7) is 6.69. The van der Waals surface area contributed by atoms with Gasteiger partial charge in [-0.15, -0.1) is 0 Å². The van der Waals surface area contributed by atoms with E-state index in [1.54, 1.807) is 11.3 Å². The molecule has 0 spiro atoms. The fourth-order valence-corrected chi connectivity index (χ4v) is 7.19. The third-order valence-electron chi connectivity index (χ3n) is 8.03. The third-order valence-corrected chi connectivity index (χ3v) is 8.81. The van der Waals surface area contributed by atoms with E-state index < -0.39 is 0 Å². The first kappa shape index (κ1) is 19.3. The Hall–Kier alpha value is -3.23. The highest BCUT2D eigenvalue weighted by Gasteiger charge is 2.46. The molecule has 0 saturated carbocycles. The lowest BCUT2D eigenvalue weighted by atomic mass is 9.62. The molecule has 5 aromatic rings. The largest absolute Gasteiger partial charge is 0.212 e. The van der Waals surface area contributed by atoms with Crippen molar-refractivity contribution in [3.63, 3.8) is 0 Å². The molecule has 8 rings (SSSR count). The highest BCUT2D eigenvalue weighted by Crippen LogP contribution is 2.55. The Balaban J connectivity index is 1.55. The Morgan fingerprint density at radius 2 is 1.36 bits per heavy atom. The van der Waals surface area contributed by atoms with Gasteiger partial charge in [-0.25, -0.2) is 0 Å². The van der Waals surface area contributed by atoms with Gasteiger partial charge in [-0.1, -0.05) is 35.9 Å². The van der Waals surface area contributed by atoms with Crippen LogP contribution in [-0.4, -0.2) is 0 Å². The molecule has 160 valence electrons. The number of pyridine rings is 1. The summed E-state index contributed by atoms with van der Waals surface area (Å²) in [5, 5.41) is 7.32. The number of thiophene rings is 1. The van der Waals surface area contributed by atoms with Crippen LogP contribution >= 0.6 is 11.3 Å². The number of benzene rings is 3. The molecule has 2 heterocycles. The zero-order valence-corrected chi connectivity index (χ0v) is 20.3. The van der Waals surface area contributed by atoms with Crippen LogP contribution in [0.25, 0.3) is 22.0 Å². The van der Waals surface area contributed by atoms with Gasteiger partial charge in [0.1, 0.15) is 7.05 Å². The molecular weight excluding hydrogens is 418 g/mol. The van der Waals surface area contributed by atoms with Crippen LogP contribution in [0.1, 0.15) is 62.0 Å². The number of aryl methyl sites for hydroxylation is 2. The number of nitrogens with zero attached hydrogens (tertiary/aromatic N) is 1. The highest BCUT2D eigenvalue weighted by molar-refractivity contribution is 7.09. The van der Waals surface area contributed by atoms with Gasteiger partial charge in [-0.2, -0.15) is 15.9 Å². The van der Waals surface area contributed by atoms with E-state index in [1.165, 1.54) is 72.2 Å². The second-order valence-electron chi connectivity index (χ2n) is 9.85. The average molecular weight is 445 g/mol. The van der Waals surface area contributed by atoms with Gasteiger partial charge in [-0.05, 0) is 99.9 Å². The van der Waals surface area contributed by atoms with Crippen molar-refractivity contribution in [2.75, 3.05) is 0 Å². The second kappa shape index (κ2) is 6.65. The van der Waals surface area contributed by atoms with Crippen LogP contribution in [0.3, 0.4) is 0 Å². The molecule has 2 atom stereocenters. The number of aromatic nitrogens is 1. The van der Waals surface area contributed by atoms with E-state index in [2.05, 4.69) is 104 Å². The number of hydrogen-bond acceptors (Lipinski definition) is 1. The normalized spacial score (nSPS) is 17.7. The van der Waals surface area contributed by atoms with E-state index in [4.69, 9.17) is 0 Å². The minimum absolute atomic E-state index is 0.275. The molecule has 2 bridgehead atoms. The summed E-state index contributed by atoms with van der Waals surface area (Å²) in [5.41, 5.74) is 15.6. The van der Waals surface area contributed by atoms with Crippen molar-refractivity contribution in [3.8, 4) is 11.3 Å². The van der Waals surface area contributed by atoms with Crippen LogP contribution in [0.2, 0.25) is 0 Å². The molecule has 2 aromatic heterocycles. The Bertz CT molecular complexity index is 1620. The van der Waals surface area contributed by atoms with Crippen molar-refractivity contribution in [2.24, 2.45) is 7.05 Å². The van der Waals surface area contributed by atoms with Gasteiger partial charge in [0, 0.05) is 23.1 Å². The molecule has 0 aliphatic heterocycles. The minimum Gasteiger partial charge on any atom is -0.197 e. The van der Waals surface area contributed by atoms with Crippen molar-refractivity contribution in [1.82, 2.24) is 0 Å². The van der Waals surface area contributed by atoms with E-state index >= 15 is 0 Å². The van der Waals surface area contributed by atoms with Crippen molar-refractivity contribution in [1.29, 1.82) is 0 Å². The minimum atomic E-state index is 0.275. The van der Waals surface area contributed by atoms with Crippen LogP contribution in [0.15, 0.2) is 71.4 Å². The molecule has 0 radical (unpaired) electrons. The van der Waals surface area contributed by atoms with Gasteiger partial charge >= 0.3 is 0 Å². The van der Waals surface area contributed by atoms with Crippen LogP contribution in [0, 0.1) is 20.8 Å². The fraction of sp³-hybridized carbons (Fsp3) is 0.194. The maximum Gasteiger partial charge on any atom is 0.212 e. The summed E-state index contributed by atoms with van der Waals surface area (Å²) in [5.74, 6) is 0.581. The van der Waals surface area contributed by atoms with E-state index in [-0.39, 0.29) is 5.92 Å². The Morgan fingerprint density at radius 3 is 2.09 bits per heavy atom. The molecule has 0 fully saturated rings. The molecule has 0 amide bonds. The van der Waals surface area contributed by atoms with Crippen molar-refractivity contribution < 1.29 is 4.57 Å². The van der Waals surface area contributed by atoms with E-state index in [9.17, 15) is 0 Å². The van der Waals surface area contributed by atoms with Crippen molar-refractivity contribution in [2.45, 2.75) is 32.6 Å². The first-order valence-corrected chi connectivity index (χ1v) is 12.7. The first-order chi connectivity index (χ1) is 16.0. The summed E-state index contributed by atoms with van der Waals surface area (Å²) < 4.78 is 2.49. The number of rotatable bonds is 1. The summed E-state index contributed by atoms with van der Waals surface area (Å²) >= 11 is 1.80. The van der Waals surface area contributed by atoms with Gasteiger partial charge in [0.25, 0.3) is 0 Å². The predicted octanol–water partition coefficient (Wildman–Crippen LogP) is 7.31. The Kier molecular flexibility index (Phi) is 3.88. The summed E-state index contributed by atoms with van der Waals surface area (Å²) in [7, 11) is 2.28. The monoisotopic (exact) mass is 444 g/mol. The first-order valence-electron chi connectivity index (χ1n) is 11.7. The Labute approximate surface area is 199 Å². The quantitative estimate of drug-likeness (QED) is 0.234. The average Bonchev–Trinajstić information content (AvgIpc) is 3.27. The number of fused-ring (bicyclic) bond motifs is 1. The fourth-order valence-electron chi connectivity index (χ4n) is 6.42. The standard InChI is InChI=1S/C31H26NS/c1-17-11-18(2)19(3)25(12-17)28-10-9-24-29-22-7-5-6-8-23(22)30(31(24)32(28)4)27-14-21-16-33-15-20(21)13-26(27)29/h5-16,29-30H,1-4H3/q+1. The molecule has 3 aliphatic rings. The van der Waals surface area contributed by atoms with E-state index in [0.717, 1.165) is 0 Å². The maximum absolute atomic E-state index is 2.49. The zero-order chi connectivity index (χ0) is 22.4. The lowest BCUT2D eigenvalue weighted by molar-refractivity contribution is -0.669. The predicted molar refractivity (Wildman–Crippen MR) is 137 cm³/mol. The second-order valence-corrected chi connectivity index (χ2v) is 10.6. The molecule has 33 heavy (non-hydrogen) atoms. The third kappa shape index (κ3) is 2.50. The molecule has 3 aromatic carbocycles. The van der Waals surface area contributed by atoms with Gasteiger partial charge in [0.15, 0.2) is 5.69 Å². The van der Waals surface area contributed by atoms with E-state index in [0.29, 0.717) is 5.92 Å². The van der Waals surface area contributed by atoms with Crippen LogP contribution in [0.5, 0.6) is 0 Å². The number of hydrogen-bond donors (Lipinski definition) is 0. The summed E-state index contributed by atoms with van der Waals surface area (Å²) in [6.07, 6.45) is 0. The maximum atomic E-state index is 2.49. The van der Waals surface area contributed by atoms with Crippen LogP contribution in [-0.2, 0) is 7.05 Å². The smallest absolute Gasteiger partial charge is 0.197 e. The van der Waals surface area contributed by atoms with Crippen LogP contribution < -0.4 is 4.57 Å². The van der Waals surface area contributed by atoms with Crippen molar-refractivity contribution in [3.05, 3.63) is 122 Å². The van der Waals surface area contributed by atoms with Gasteiger partial charge < -0.3 is 0 Å². The van der Waals surface area contributed by atoms with E-state index in [1.807, 2.05) is 0 Å². The van der Waals surface area contributed by atoms with Gasteiger partial charge in [0.2, 0.25) is 5.69 Å². The van der Waals surface area contributed by atoms with Crippen molar-refractivity contribution >= 4 is 22.1 Å². The van der Waals surface area contributed by atoms with Gasteiger partial charge in [0.05, 0.1) is 5.92 Å². The summed E-state index contributed by atoms with van der Waals surface area (Å²) in [4.78, 5) is 0. The lowest BCUT2D eigenvalue weighted by Gasteiger charge is -2.40. The molecule has 0 saturated heterocycles. The highest BCUT2D eigenvalue weighted by atomic mass is 32.1. The molecule has 2 unspecified atom stereocenters. The SMILES string of the molecule is Cc1cc(C)c(C)c(-c2ccc3c([n+]2C)C2c4ccccc4C3c3cc4cscc4cc32)c1. The zero-order valence-electron chi connectivity index (χ0n) is 19.4.